The van der Waals surface area contributed by atoms with E-state index in [-0.39, 0.29) is 5.91 Å². The minimum absolute atomic E-state index is 0.0334. The highest BCUT2D eigenvalue weighted by Gasteiger charge is 2.21. The number of nitrogens with one attached hydrogen (secondary N) is 1. The molecule has 17 heavy (non-hydrogen) atoms. The smallest absolute Gasteiger partial charge is 0.229 e. The lowest BCUT2D eigenvalue weighted by atomic mass is 9.95. The van der Waals surface area contributed by atoms with Crippen LogP contribution in [0.25, 0.3) is 0 Å². The van der Waals surface area contributed by atoms with Gasteiger partial charge in [0.1, 0.15) is 0 Å². The molecule has 0 aliphatic heterocycles. The van der Waals surface area contributed by atoms with Crippen LogP contribution in [0.2, 0.25) is 0 Å². The first-order chi connectivity index (χ1) is 7.95. The largest absolute Gasteiger partial charge is 0.324 e. The Bertz CT molecular complexity index is 471. The van der Waals surface area contributed by atoms with Crippen molar-refractivity contribution in [3.05, 3.63) is 24.0 Å². The maximum Gasteiger partial charge on any atom is 0.229 e. The molecule has 0 atom stereocenters. The molecule has 1 heterocycles. The summed E-state index contributed by atoms with van der Waals surface area (Å²) in [5.74, 6) is 2.91. The van der Waals surface area contributed by atoms with E-state index in [0.29, 0.717) is 5.69 Å². The Morgan fingerprint density at radius 2 is 2.24 bits per heavy atom. The van der Waals surface area contributed by atoms with Gasteiger partial charge in [0.2, 0.25) is 5.91 Å². The molecule has 0 aliphatic rings. The Labute approximate surface area is 118 Å². The van der Waals surface area contributed by atoms with E-state index in [1.165, 1.54) is 8.93 Å². The van der Waals surface area contributed by atoms with Crippen molar-refractivity contribution in [1.29, 1.82) is 0 Å². The zero-order chi connectivity index (χ0) is 12.9. The third-order valence-corrected chi connectivity index (χ3v) is 2.81. The van der Waals surface area contributed by atoms with E-state index >= 15 is 0 Å². The Morgan fingerprint density at radius 3 is 2.82 bits per heavy atom. The number of carbonyl (C=O) groups is 1. The number of anilines is 1. The van der Waals surface area contributed by atoms with Gasteiger partial charge in [-0.25, -0.2) is 0 Å². The van der Waals surface area contributed by atoms with Crippen LogP contribution in [0.1, 0.15) is 26.3 Å². The lowest BCUT2D eigenvalue weighted by molar-refractivity contribution is -0.123. The lowest BCUT2D eigenvalue weighted by Gasteiger charge is -2.18. The van der Waals surface area contributed by atoms with Crippen LogP contribution in [0.3, 0.4) is 0 Å². The highest BCUT2D eigenvalue weighted by Crippen LogP contribution is 2.19. The SMILES string of the molecule is CC(C)(C)C(=O)Nc1ccncc1C#CSI. The van der Waals surface area contributed by atoms with Gasteiger partial charge in [0.15, 0.2) is 0 Å². The molecular weight excluding hydrogens is 347 g/mol. The summed E-state index contributed by atoms with van der Waals surface area (Å²) in [5.41, 5.74) is 1.01. The molecule has 0 bridgehead atoms. The highest BCUT2D eigenvalue weighted by atomic mass is 127. The molecule has 0 radical (unpaired) electrons. The molecule has 0 unspecified atom stereocenters. The van der Waals surface area contributed by atoms with Crippen molar-refractivity contribution in [2.45, 2.75) is 20.8 Å². The molecule has 1 amide bonds. The van der Waals surface area contributed by atoms with Gasteiger partial charge in [-0.05, 0) is 20.3 Å². The van der Waals surface area contributed by atoms with Crippen LogP contribution < -0.4 is 5.32 Å². The van der Waals surface area contributed by atoms with Crippen molar-refractivity contribution < 1.29 is 4.79 Å². The second-order valence-electron chi connectivity index (χ2n) is 4.43. The molecular formula is C12H13IN2OS. The van der Waals surface area contributed by atoms with E-state index in [0.717, 1.165) is 5.56 Å². The van der Waals surface area contributed by atoms with Gasteiger partial charge in [-0.15, -0.1) is 0 Å². The number of rotatable bonds is 1. The first-order valence-electron chi connectivity index (χ1n) is 4.99. The highest BCUT2D eigenvalue weighted by molar-refractivity contribution is 14.2. The molecule has 0 fully saturated rings. The standard InChI is InChI=1S/C12H13IN2OS/c1-12(2,3)11(16)15-10-4-6-14-8-9(10)5-7-17-13/h4,6,8H,1-3H3,(H,14,15,16). The van der Waals surface area contributed by atoms with Gasteiger partial charge in [0.05, 0.1) is 11.3 Å². The molecule has 0 saturated heterocycles. The summed E-state index contributed by atoms with van der Waals surface area (Å²) in [7, 11) is 1.40. The molecule has 3 nitrogen and oxygen atoms in total. The van der Waals surface area contributed by atoms with Gasteiger partial charge in [-0.2, -0.15) is 0 Å². The second-order valence-corrected chi connectivity index (χ2v) is 6.11. The fourth-order valence-corrected chi connectivity index (χ4v) is 1.47. The Kier molecular flexibility index (Phi) is 5.28. The third-order valence-electron chi connectivity index (χ3n) is 1.97. The average Bonchev–Trinajstić information content (AvgIpc) is 2.26. The molecule has 1 aromatic heterocycles. The molecule has 5 heteroatoms. The molecule has 90 valence electrons. The second kappa shape index (κ2) is 6.26. The van der Waals surface area contributed by atoms with Crippen molar-refractivity contribution in [3.8, 4) is 11.2 Å². The van der Waals surface area contributed by atoms with Crippen LogP contribution in [-0.2, 0) is 4.79 Å². The zero-order valence-corrected chi connectivity index (χ0v) is 12.8. The first-order valence-corrected chi connectivity index (χ1v) is 8.35. The van der Waals surface area contributed by atoms with Crippen molar-refractivity contribution in [1.82, 2.24) is 4.98 Å². The Balaban J connectivity index is 2.95. The molecule has 1 rings (SSSR count). The van der Waals surface area contributed by atoms with Crippen LogP contribution in [-0.4, -0.2) is 10.9 Å². The van der Waals surface area contributed by atoms with E-state index in [4.69, 9.17) is 0 Å². The maximum atomic E-state index is 11.9. The van der Waals surface area contributed by atoms with E-state index < -0.39 is 5.41 Å². The van der Waals surface area contributed by atoms with Gasteiger partial charge >= 0.3 is 0 Å². The number of hydrogen-bond donors (Lipinski definition) is 1. The lowest BCUT2D eigenvalue weighted by Crippen LogP contribution is -2.27. The molecule has 0 saturated carbocycles. The monoisotopic (exact) mass is 360 g/mol. The van der Waals surface area contributed by atoms with Gasteiger partial charge < -0.3 is 5.32 Å². The number of aromatic nitrogens is 1. The van der Waals surface area contributed by atoms with E-state index in [2.05, 4.69) is 42.7 Å². The van der Waals surface area contributed by atoms with E-state index in [9.17, 15) is 4.79 Å². The fraction of sp³-hybridized carbons (Fsp3) is 0.333. The van der Waals surface area contributed by atoms with Crippen molar-refractivity contribution in [2.24, 2.45) is 5.41 Å². The van der Waals surface area contributed by atoms with Crippen molar-refractivity contribution in [3.63, 3.8) is 0 Å². The number of nitrogens with zero attached hydrogens (tertiary/aromatic N) is 1. The summed E-state index contributed by atoms with van der Waals surface area (Å²) in [6, 6.07) is 1.76. The van der Waals surface area contributed by atoms with Gasteiger partial charge in [-0.3, -0.25) is 9.78 Å². The number of pyridine rings is 1. The van der Waals surface area contributed by atoms with Crippen LogP contribution in [0.4, 0.5) is 5.69 Å². The first kappa shape index (κ1) is 14.3. The Hall–Kier alpha value is -0.740. The van der Waals surface area contributed by atoms with Crippen LogP contribution in [0.15, 0.2) is 18.5 Å². The molecule has 1 N–H and O–H groups in total. The zero-order valence-electron chi connectivity index (χ0n) is 9.87. The fourth-order valence-electron chi connectivity index (χ4n) is 0.987. The predicted octanol–water partition coefficient (Wildman–Crippen LogP) is 3.46. The number of hydrogen-bond acceptors (Lipinski definition) is 3. The topological polar surface area (TPSA) is 42.0 Å². The number of amides is 1. The summed E-state index contributed by atoms with van der Waals surface area (Å²) in [6.45, 7) is 5.61. The number of halogens is 1. The van der Waals surface area contributed by atoms with Gasteiger partial charge in [-0.1, -0.05) is 26.7 Å². The number of carbonyl (C=O) groups excluding carboxylic acids is 1. The maximum absolute atomic E-state index is 11.9. The predicted molar refractivity (Wildman–Crippen MR) is 80.8 cm³/mol. The summed E-state index contributed by atoms with van der Waals surface area (Å²) in [6.07, 6.45) is 3.29. The molecule has 1 aromatic rings. The minimum atomic E-state index is -0.425. The van der Waals surface area contributed by atoms with Crippen LogP contribution >= 0.6 is 30.1 Å². The van der Waals surface area contributed by atoms with Crippen molar-refractivity contribution >= 4 is 41.7 Å². The summed E-state index contributed by atoms with van der Waals surface area (Å²) < 4.78 is 0. The minimum Gasteiger partial charge on any atom is -0.324 e. The molecule has 0 aliphatic carbocycles. The molecule has 0 aromatic carbocycles. The Morgan fingerprint density at radius 1 is 1.53 bits per heavy atom. The normalized spacial score (nSPS) is 10.4. The van der Waals surface area contributed by atoms with Crippen LogP contribution in [0.5, 0.6) is 0 Å². The third kappa shape index (κ3) is 4.56. The van der Waals surface area contributed by atoms with Gasteiger partial charge in [0, 0.05) is 39.0 Å². The van der Waals surface area contributed by atoms with E-state index in [1.807, 2.05) is 20.8 Å². The summed E-state index contributed by atoms with van der Waals surface area (Å²) in [5, 5.41) is 5.75. The summed E-state index contributed by atoms with van der Waals surface area (Å²) >= 11 is 2.10. The van der Waals surface area contributed by atoms with Crippen molar-refractivity contribution in [2.75, 3.05) is 5.32 Å². The average molecular weight is 360 g/mol. The summed E-state index contributed by atoms with van der Waals surface area (Å²) in [4.78, 5) is 15.9. The molecule has 0 spiro atoms. The quantitative estimate of drug-likeness (QED) is 0.616. The van der Waals surface area contributed by atoms with E-state index in [1.54, 1.807) is 18.5 Å². The van der Waals surface area contributed by atoms with Gasteiger partial charge in [0.25, 0.3) is 0 Å². The van der Waals surface area contributed by atoms with Crippen LogP contribution in [0, 0.1) is 16.6 Å².